The lowest BCUT2D eigenvalue weighted by Gasteiger charge is -2.40. The van der Waals surface area contributed by atoms with Gasteiger partial charge in [0.2, 0.25) is 0 Å². The maximum Gasteiger partial charge on any atom is 0.311 e. The van der Waals surface area contributed by atoms with Crippen molar-refractivity contribution in [3.05, 3.63) is 12.2 Å². The third-order valence-corrected chi connectivity index (χ3v) is 3.90. The minimum atomic E-state index is -0.379. The number of carbonyl (C=O) groups is 1. The first kappa shape index (κ1) is 12.7. The number of rotatable bonds is 1. The third kappa shape index (κ3) is 3.11. The summed E-state index contributed by atoms with van der Waals surface area (Å²) in [5, 5.41) is 0. The Kier molecular flexibility index (Phi) is 3.33. The van der Waals surface area contributed by atoms with Gasteiger partial charge in [-0.3, -0.25) is 4.79 Å². The lowest BCUT2D eigenvalue weighted by Crippen LogP contribution is -2.36. The molecule has 17 heavy (non-hydrogen) atoms. The van der Waals surface area contributed by atoms with E-state index in [4.69, 9.17) is 4.74 Å². The Labute approximate surface area is 104 Å². The van der Waals surface area contributed by atoms with Gasteiger partial charge >= 0.3 is 5.97 Å². The standard InChI is InChI=1S/C15H24O2/c1-10-5-11-7-12(6-10)9-13(8-11)17-14(16)15(2,3)4/h11-13H,1,5-9H2,2-4H3. The second kappa shape index (κ2) is 4.47. The summed E-state index contributed by atoms with van der Waals surface area (Å²) in [5.74, 6) is 1.35. The van der Waals surface area contributed by atoms with E-state index in [-0.39, 0.29) is 17.5 Å². The maximum absolute atomic E-state index is 11.9. The van der Waals surface area contributed by atoms with Crippen molar-refractivity contribution in [1.82, 2.24) is 0 Å². The molecule has 0 aromatic rings. The van der Waals surface area contributed by atoms with Gasteiger partial charge in [-0.2, -0.15) is 0 Å². The predicted molar refractivity (Wildman–Crippen MR) is 68.5 cm³/mol. The van der Waals surface area contributed by atoms with Crippen LogP contribution in [0.2, 0.25) is 0 Å². The molecular formula is C15H24O2. The van der Waals surface area contributed by atoms with E-state index < -0.39 is 0 Å². The van der Waals surface area contributed by atoms with Crippen molar-refractivity contribution >= 4 is 5.97 Å². The molecule has 2 rings (SSSR count). The van der Waals surface area contributed by atoms with Gasteiger partial charge in [-0.15, -0.1) is 0 Å². The van der Waals surface area contributed by atoms with Gasteiger partial charge in [0.1, 0.15) is 6.10 Å². The number of hydrogen-bond donors (Lipinski definition) is 0. The van der Waals surface area contributed by atoms with Crippen LogP contribution >= 0.6 is 0 Å². The summed E-state index contributed by atoms with van der Waals surface area (Å²) >= 11 is 0. The average molecular weight is 236 g/mol. The summed E-state index contributed by atoms with van der Waals surface area (Å²) in [7, 11) is 0. The largest absolute Gasteiger partial charge is 0.462 e. The van der Waals surface area contributed by atoms with Gasteiger partial charge in [-0.25, -0.2) is 0 Å². The third-order valence-electron chi connectivity index (χ3n) is 3.90. The molecule has 0 N–H and O–H groups in total. The van der Waals surface area contributed by atoms with E-state index in [1.54, 1.807) is 0 Å². The molecule has 0 aromatic carbocycles. The monoisotopic (exact) mass is 236 g/mol. The first-order valence-electron chi connectivity index (χ1n) is 6.72. The Morgan fingerprint density at radius 3 is 2.18 bits per heavy atom. The fourth-order valence-corrected chi connectivity index (χ4v) is 3.16. The lowest BCUT2D eigenvalue weighted by atomic mass is 9.69. The first-order valence-corrected chi connectivity index (χ1v) is 6.72. The molecule has 0 spiro atoms. The van der Waals surface area contributed by atoms with Crippen LogP contribution in [0.15, 0.2) is 12.2 Å². The summed E-state index contributed by atoms with van der Waals surface area (Å²) in [6, 6.07) is 0. The minimum Gasteiger partial charge on any atom is -0.462 e. The van der Waals surface area contributed by atoms with Crippen LogP contribution in [0.1, 0.15) is 52.9 Å². The van der Waals surface area contributed by atoms with Crippen molar-refractivity contribution in [3.8, 4) is 0 Å². The maximum atomic E-state index is 11.9. The number of fused-ring (bicyclic) bond motifs is 2. The average Bonchev–Trinajstić information content (AvgIpc) is 2.13. The molecule has 2 atom stereocenters. The zero-order valence-corrected chi connectivity index (χ0v) is 11.3. The zero-order valence-electron chi connectivity index (χ0n) is 11.3. The van der Waals surface area contributed by atoms with Crippen molar-refractivity contribution in [1.29, 1.82) is 0 Å². The molecule has 2 aliphatic rings. The van der Waals surface area contributed by atoms with E-state index in [9.17, 15) is 4.79 Å². The summed E-state index contributed by atoms with van der Waals surface area (Å²) in [6.07, 6.45) is 5.82. The first-order chi connectivity index (χ1) is 7.84. The molecule has 2 unspecified atom stereocenters. The van der Waals surface area contributed by atoms with Crippen LogP contribution in [0.4, 0.5) is 0 Å². The van der Waals surface area contributed by atoms with E-state index in [2.05, 4.69) is 6.58 Å². The molecule has 0 radical (unpaired) electrons. The normalized spacial score (nSPS) is 33.4. The summed E-state index contributed by atoms with van der Waals surface area (Å²) in [5.41, 5.74) is 1.02. The van der Waals surface area contributed by atoms with Crippen LogP contribution in [0.5, 0.6) is 0 Å². The van der Waals surface area contributed by atoms with Crippen LogP contribution in [0, 0.1) is 17.3 Å². The van der Waals surface area contributed by atoms with E-state index in [0.717, 1.165) is 25.7 Å². The van der Waals surface area contributed by atoms with Crippen molar-refractivity contribution < 1.29 is 9.53 Å². The zero-order chi connectivity index (χ0) is 12.6. The SMILES string of the molecule is C=C1CC2CC(C1)CC(OC(=O)C(C)(C)C)C2. The van der Waals surface area contributed by atoms with Crippen molar-refractivity contribution in [3.63, 3.8) is 0 Å². The van der Waals surface area contributed by atoms with Crippen LogP contribution in [0.25, 0.3) is 0 Å². The van der Waals surface area contributed by atoms with Gasteiger partial charge in [0.25, 0.3) is 0 Å². The quantitative estimate of drug-likeness (QED) is 0.512. The van der Waals surface area contributed by atoms with Gasteiger partial charge < -0.3 is 4.74 Å². The molecule has 2 bridgehead atoms. The van der Waals surface area contributed by atoms with Gasteiger partial charge in [0, 0.05) is 0 Å². The van der Waals surface area contributed by atoms with E-state index in [1.165, 1.54) is 12.0 Å². The highest BCUT2D eigenvalue weighted by molar-refractivity contribution is 5.75. The Balaban J connectivity index is 1.92. The van der Waals surface area contributed by atoms with Gasteiger partial charge in [-0.05, 0) is 64.7 Å². The fourth-order valence-electron chi connectivity index (χ4n) is 3.16. The second-order valence-electron chi connectivity index (χ2n) is 6.87. The summed E-state index contributed by atoms with van der Waals surface area (Å²) in [4.78, 5) is 11.9. The van der Waals surface area contributed by atoms with E-state index in [1.807, 2.05) is 20.8 Å². The molecule has 0 aliphatic heterocycles. The second-order valence-corrected chi connectivity index (χ2v) is 6.87. The molecule has 0 heterocycles. The number of ether oxygens (including phenoxy) is 1. The van der Waals surface area contributed by atoms with Crippen LogP contribution in [0.3, 0.4) is 0 Å². The Morgan fingerprint density at radius 1 is 1.18 bits per heavy atom. The molecular weight excluding hydrogens is 212 g/mol. The summed E-state index contributed by atoms with van der Waals surface area (Å²) < 4.78 is 5.66. The van der Waals surface area contributed by atoms with Gasteiger partial charge in [0.05, 0.1) is 5.41 Å². The van der Waals surface area contributed by atoms with Gasteiger partial charge in [-0.1, -0.05) is 12.2 Å². The molecule has 2 nitrogen and oxygen atoms in total. The van der Waals surface area contributed by atoms with Crippen molar-refractivity contribution in [2.75, 3.05) is 0 Å². The Morgan fingerprint density at radius 2 is 1.71 bits per heavy atom. The highest BCUT2D eigenvalue weighted by Gasteiger charge is 2.36. The van der Waals surface area contributed by atoms with Gasteiger partial charge in [0.15, 0.2) is 0 Å². The topological polar surface area (TPSA) is 26.3 Å². The van der Waals surface area contributed by atoms with Crippen LogP contribution < -0.4 is 0 Å². The number of hydrogen-bond acceptors (Lipinski definition) is 2. The molecule has 2 fully saturated rings. The molecule has 2 aliphatic carbocycles. The molecule has 0 saturated heterocycles. The smallest absolute Gasteiger partial charge is 0.311 e. The predicted octanol–water partition coefficient (Wildman–Crippen LogP) is 3.71. The number of allylic oxidation sites excluding steroid dienone is 1. The highest BCUT2D eigenvalue weighted by atomic mass is 16.5. The van der Waals surface area contributed by atoms with E-state index >= 15 is 0 Å². The highest BCUT2D eigenvalue weighted by Crippen LogP contribution is 2.43. The minimum absolute atomic E-state index is 0.0544. The Hall–Kier alpha value is -0.790. The van der Waals surface area contributed by atoms with Crippen molar-refractivity contribution in [2.24, 2.45) is 17.3 Å². The van der Waals surface area contributed by atoms with Crippen LogP contribution in [-0.4, -0.2) is 12.1 Å². The number of carbonyl (C=O) groups excluding carboxylic acids is 1. The molecule has 2 saturated carbocycles. The lowest BCUT2D eigenvalue weighted by molar-refractivity contribution is -0.162. The van der Waals surface area contributed by atoms with Crippen molar-refractivity contribution in [2.45, 2.75) is 59.0 Å². The molecule has 0 amide bonds. The fraction of sp³-hybridized carbons (Fsp3) is 0.800. The van der Waals surface area contributed by atoms with E-state index in [0.29, 0.717) is 11.8 Å². The molecule has 2 heteroatoms. The Bertz CT molecular complexity index is 308. The van der Waals surface area contributed by atoms with Crippen LogP contribution in [-0.2, 0) is 9.53 Å². The molecule has 0 aromatic heterocycles. The summed E-state index contributed by atoms with van der Waals surface area (Å²) in [6.45, 7) is 9.87. The molecule has 96 valence electrons. The number of esters is 1.